The molecule has 102 valence electrons. The van der Waals surface area contributed by atoms with Crippen molar-refractivity contribution in [1.82, 2.24) is 9.88 Å². The summed E-state index contributed by atoms with van der Waals surface area (Å²) >= 11 is 5.67. The first kappa shape index (κ1) is 13.9. The van der Waals surface area contributed by atoms with Crippen molar-refractivity contribution >= 4 is 17.5 Å². The number of hydrogen-bond donors (Lipinski definition) is 0. The molecule has 19 heavy (non-hydrogen) atoms. The largest absolute Gasteiger partial charge is 0.412 e. The first-order valence-corrected chi connectivity index (χ1v) is 5.93. The molecule has 1 aromatic rings. The first-order chi connectivity index (χ1) is 8.88. The fourth-order valence-electron chi connectivity index (χ4n) is 1.83. The topological polar surface area (TPSA) is 33.2 Å². The zero-order valence-electron chi connectivity index (χ0n) is 9.75. The molecule has 1 aliphatic rings. The molecule has 1 aromatic heterocycles. The maximum Gasteiger partial charge on any atom is 0.412 e. The summed E-state index contributed by atoms with van der Waals surface area (Å²) in [5.41, 5.74) is -0.256. The van der Waals surface area contributed by atoms with Gasteiger partial charge in [0.25, 0.3) is 5.91 Å². The summed E-state index contributed by atoms with van der Waals surface area (Å²) in [6.07, 6.45) is -2.07. The Hall–Kier alpha value is -1.56. The summed E-state index contributed by atoms with van der Waals surface area (Å²) in [7, 11) is 0. The quantitative estimate of drug-likeness (QED) is 0.588. The van der Waals surface area contributed by atoms with E-state index in [1.165, 1.54) is 23.2 Å². The van der Waals surface area contributed by atoms with E-state index >= 15 is 0 Å². The second-order valence-electron chi connectivity index (χ2n) is 4.10. The molecular weight excluding hydrogens is 281 g/mol. The second kappa shape index (κ2) is 5.21. The van der Waals surface area contributed by atoms with E-state index in [1.807, 2.05) is 0 Å². The number of rotatable bonds is 1. The summed E-state index contributed by atoms with van der Waals surface area (Å²) in [5.74, 6) is -0.346. The minimum absolute atomic E-state index is 0.0458. The van der Waals surface area contributed by atoms with Crippen molar-refractivity contribution in [3.8, 4) is 0 Å². The van der Waals surface area contributed by atoms with Gasteiger partial charge in [0.05, 0.1) is 0 Å². The van der Waals surface area contributed by atoms with Gasteiger partial charge >= 0.3 is 6.18 Å². The van der Waals surface area contributed by atoms with Crippen LogP contribution in [0.5, 0.6) is 0 Å². The smallest absolute Gasteiger partial charge is 0.335 e. The maximum atomic E-state index is 12.4. The molecule has 0 fully saturated rings. The number of alkyl halides is 3. The van der Waals surface area contributed by atoms with Crippen molar-refractivity contribution in [2.75, 3.05) is 13.1 Å². The second-order valence-corrected chi connectivity index (χ2v) is 4.48. The van der Waals surface area contributed by atoms with Crippen LogP contribution in [-0.2, 0) is 0 Å². The fourth-order valence-corrected chi connectivity index (χ4v) is 2.00. The molecule has 7 heteroatoms. The summed E-state index contributed by atoms with van der Waals surface area (Å²) in [4.78, 5) is 17.1. The van der Waals surface area contributed by atoms with Crippen molar-refractivity contribution in [1.29, 1.82) is 0 Å². The lowest BCUT2D eigenvalue weighted by Gasteiger charge is -2.27. The molecule has 0 saturated carbocycles. The number of carbonyl (C=O) groups is 1. The number of pyridine rings is 1. The Labute approximate surface area is 112 Å². The number of hydrogen-bond acceptors (Lipinski definition) is 2. The minimum Gasteiger partial charge on any atom is -0.335 e. The van der Waals surface area contributed by atoms with Crippen LogP contribution in [0, 0.1) is 0 Å². The van der Waals surface area contributed by atoms with Gasteiger partial charge in [0.1, 0.15) is 5.15 Å². The highest BCUT2D eigenvalue weighted by Gasteiger charge is 2.35. The zero-order chi connectivity index (χ0) is 14.0. The standard InChI is InChI=1S/C12H10ClF3N2O/c13-10-7-8(1-4-17-10)11(19)18-5-2-9(3-6-18)12(14,15)16/h1-2,4,7H,3,5-6H2. The van der Waals surface area contributed by atoms with Gasteiger partial charge in [-0.3, -0.25) is 4.79 Å². The van der Waals surface area contributed by atoms with Crippen LogP contribution in [0.1, 0.15) is 16.8 Å². The molecule has 0 bridgehead atoms. The molecule has 0 atom stereocenters. The molecule has 0 spiro atoms. The summed E-state index contributed by atoms with van der Waals surface area (Å²) in [6, 6.07) is 2.88. The van der Waals surface area contributed by atoms with Crippen molar-refractivity contribution in [2.45, 2.75) is 12.6 Å². The third kappa shape index (κ3) is 3.26. The van der Waals surface area contributed by atoms with E-state index in [2.05, 4.69) is 4.98 Å². The van der Waals surface area contributed by atoms with E-state index in [0.29, 0.717) is 5.56 Å². The number of carbonyl (C=O) groups excluding carboxylic acids is 1. The highest BCUT2D eigenvalue weighted by atomic mass is 35.5. The van der Waals surface area contributed by atoms with Crippen LogP contribution in [0.2, 0.25) is 5.15 Å². The molecule has 1 amide bonds. The summed E-state index contributed by atoms with van der Waals surface area (Å²) in [6.45, 7) is -0.00224. The van der Waals surface area contributed by atoms with E-state index in [0.717, 1.165) is 6.08 Å². The molecule has 2 rings (SSSR count). The molecule has 0 aromatic carbocycles. The average molecular weight is 291 g/mol. The third-order valence-corrected chi connectivity index (χ3v) is 3.04. The highest BCUT2D eigenvalue weighted by molar-refractivity contribution is 6.29. The zero-order valence-corrected chi connectivity index (χ0v) is 10.5. The van der Waals surface area contributed by atoms with Crippen molar-refractivity contribution in [3.63, 3.8) is 0 Å². The third-order valence-electron chi connectivity index (χ3n) is 2.83. The summed E-state index contributed by atoms with van der Waals surface area (Å²) < 4.78 is 37.3. The van der Waals surface area contributed by atoms with E-state index in [-0.39, 0.29) is 30.6 Å². The molecule has 0 radical (unpaired) electrons. The van der Waals surface area contributed by atoms with E-state index in [9.17, 15) is 18.0 Å². The molecule has 0 unspecified atom stereocenters. The lowest BCUT2D eigenvalue weighted by Crippen LogP contribution is -2.36. The molecule has 1 aliphatic heterocycles. The number of amides is 1. The molecule has 2 heterocycles. The van der Waals surface area contributed by atoms with Crippen LogP contribution in [-0.4, -0.2) is 35.1 Å². The molecule has 0 aliphatic carbocycles. The molecule has 0 saturated heterocycles. The number of nitrogens with zero attached hydrogens (tertiary/aromatic N) is 2. The molecule has 3 nitrogen and oxygen atoms in total. The first-order valence-electron chi connectivity index (χ1n) is 5.55. The Kier molecular flexibility index (Phi) is 3.80. The van der Waals surface area contributed by atoms with Gasteiger partial charge in [0.15, 0.2) is 0 Å². The van der Waals surface area contributed by atoms with Crippen molar-refractivity contribution < 1.29 is 18.0 Å². The average Bonchev–Trinajstić information content (AvgIpc) is 2.37. The highest BCUT2D eigenvalue weighted by Crippen LogP contribution is 2.30. The van der Waals surface area contributed by atoms with Crippen molar-refractivity contribution in [3.05, 3.63) is 40.7 Å². The van der Waals surface area contributed by atoms with Gasteiger partial charge in [-0.15, -0.1) is 0 Å². The Morgan fingerprint density at radius 2 is 2.16 bits per heavy atom. The Morgan fingerprint density at radius 1 is 1.42 bits per heavy atom. The fraction of sp³-hybridized carbons (Fsp3) is 0.333. The summed E-state index contributed by atoms with van der Waals surface area (Å²) in [5, 5.41) is 0.175. The molecule has 0 N–H and O–H groups in total. The van der Waals surface area contributed by atoms with Crippen LogP contribution < -0.4 is 0 Å². The van der Waals surface area contributed by atoms with Crippen LogP contribution in [0.15, 0.2) is 30.0 Å². The predicted molar refractivity (Wildman–Crippen MR) is 63.9 cm³/mol. The maximum absolute atomic E-state index is 12.4. The predicted octanol–water partition coefficient (Wildman–Crippen LogP) is 3.07. The van der Waals surface area contributed by atoms with Gasteiger partial charge in [-0.1, -0.05) is 17.7 Å². The lowest BCUT2D eigenvalue weighted by molar-refractivity contribution is -0.0957. The SMILES string of the molecule is O=C(c1ccnc(Cl)c1)N1CC=C(C(F)(F)F)CC1. The molecular formula is C12H10ClF3N2O. The lowest BCUT2D eigenvalue weighted by atomic mass is 10.1. The van der Waals surface area contributed by atoms with Crippen LogP contribution in [0.3, 0.4) is 0 Å². The van der Waals surface area contributed by atoms with Gasteiger partial charge < -0.3 is 4.90 Å². The monoisotopic (exact) mass is 290 g/mol. The van der Waals surface area contributed by atoms with Crippen molar-refractivity contribution in [2.24, 2.45) is 0 Å². The number of aromatic nitrogens is 1. The normalized spacial score (nSPS) is 16.2. The van der Waals surface area contributed by atoms with Gasteiger partial charge in [-0.2, -0.15) is 13.2 Å². The minimum atomic E-state index is -4.31. The Bertz CT molecular complexity index is 528. The van der Waals surface area contributed by atoms with Crippen LogP contribution >= 0.6 is 11.6 Å². The van der Waals surface area contributed by atoms with E-state index < -0.39 is 11.7 Å². The van der Waals surface area contributed by atoms with Gasteiger partial charge in [-0.05, 0) is 18.6 Å². The van der Waals surface area contributed by atoms with Gasteiger partial charge in [0, 0.05) is 30.4 Å². The Morgan fingerprint density at radius 3 is 2.68 bits per heavy atom. The van der Waals surface area contributed by atoms with E-state index in [1.54, 1.807) is 0 Å². The van der Waals surface area contributed by atoms with Crippen LogP contribution in [0.4, 0.5) is 13.2 Å². The van der Waals surface area contributed by atoms with Crippen LogP contribution in [0.25, 0.3) is 0 Å². The Balaban J connectivity index is 2.10. The van der Waals surface area contributed by atoms with Gasteiger partial charge in [-0.25, -0.2) is 4.98 Å². The van der Waals surface area contributed by atoms with Gasteiger partial charge in [0.2, 0.25) is 0 Å². The number of halogens is 4. The van der Waals surface area contributed by atoms with E-state index in [4.69, 9.17) is 11.6 Å².